The molecule has 0 aliphatic carbocycles. The first-order chi connectivity index (χ1) is 14.3. The Bertz CT molecular complexity index is 1100. The summed E-state index contributed by atoms with van der Waals surface area (Å²) in [5.74, 6) is 2.31. The second-order valence-electron chi connectivity index (χ2n) is 6.75. The fraction of sp³-hybridized carbons (Fsp3) is 0.238. The molecule has 0 spiro atoms. The summed E-state index contributed by atoms with van der Waals surface area (Å²) in [6, 6.07) is 13.7. The summed E-state index contributed by atoms with van der Waals surface area (Å²) in [5.41, 5.74) is 3.07. The molecule has 4 aromatic rings. The van der Waals surface area contributed by atoms with Crippen LogP contribution in [0.1, 0.15) is 5.76 Å². The number of hydrogen-bond acceptors (Lipinski definition) is 8. The predicted octanol–water partition coefficient (Wildman–Crippen LogP) is 3.60. The van der Waals surface area contributed by atoms with Crippen molar-refractivity contribution in [2.45, 2.75) is 6.92 Å². The number of aromatic nitrogens is 4. The van der Waals surface area contributed by atoms with Crippen LogP contribution in [0.5, 0.6) is 0 Å². The second-order valence-corrected chi connectivity index (χ2v) is 6.75. The number of rotatable bonds is 4. The van der Waals surface area contributed by atoms with E-state index in [1.165, 1.54) is 0 Å². The van der Waals surface area contributed by atoms with Crippen molar-refractivity contribution in [1.29, 1.82) is 0 Å². The van der Waals surface area contributed by atoms with Crippen LogP contribution in [0.3, 0.4) is 0 Å². The van der Waals surface area contributed by atoms with Gasteiger partial charge in [0, 0.05) is 24.8 Å². The summed E-state index contributed by atoms with van der Waals surface area (Å²) < 4.78 is 16.7. The molecule has 5 rings (SSSR count). The molecule has 1 saturated heterocycles. The highest BCUT2D eigenvalue weighted by Gasteiger charge is 2.22. The third kappa shape index (κ3) is 3.38. The number of nitrogens with zero attached hydrogens (tertiary/aromatic N) is 5. The summed E-state index contributed by atoms with van der Waals surface area (Å²) in [4.78, 5) is 6.74. The average Bonchev–Trinajstić information content (AvgIpc) is 3.42. The lowest BCUT2D eigenvalue weighted by molar-refractivity contribution is 0.122. The van der Waals surface area contributed by atoms with E-state index in [-0.39, 0.29) is 0 Å². The van der Waals surface area contributed by atoms with Crippen LogP contribution in [0.2, 0.25) is 0 Å². The monoisotopic (exact) mass is 389 g/mol. The molecule has 8 nitrogen and oxygen atoms in total. The van der Waals surface area contributed by atoms with Gasteiger partial charge in [0.25, 0.3) is 5.89 Å². The van der Waals surface area contributed by atoms with E-state index in [4.69, 9.17) is 13.7 Å². The van der Waals surface area contributed by atoms with Crippen LogP contribution < -0.4 is 4.90 Å². The molecule has 1 aliphatic rings. The van der Waals surface area contributed by atoms with E-state index >= 15 is 0 Å². The van der Waals surface area contributed by atoms with Crippen molar-refractivity contribution >= 4 is 5.82 Å². The van der Waals surface area contributed by atoms with Gasteiger partial charge in [0.2, 0.25) is 5.89 Å². The van der Waals surface area contributed by atoms with Gasteiger partial charge in [0.15, 0.2) is 0 Å². The Labute approximate surface area is 167 Å². The SMILES string of the molecule is Cc1onc(-c2ccccc2)c1-c1nnc(-c2ccc(N3CCOCC3)nc2)o1. The zero-order valence-corrected chi connectivity index (χ0v) is 15.9. The molecule has 1 aromatic carbocycles. The van der Waals surface area contributed by atoms with Crippen molar-refractivity contribution in [3.05, 3.63) is 54.4 Å². The Morgan fingerprint density at radius 3 is 2.45 bits per heavy atom. The third-order valence-corrected chi connectivity index (χ3v) is 4.88. The summed E-state index contributed by atoms with van der Waals surface area (Å²) in [6.07, 6.45) is 1.75. The number of pyridine rings is 1. The number of benzene rings is 1. The predicted molar refractivity (Wildman–Crippen MR) is 106 cm³/mol. The molecule has 0 amide bonds. The minimum Gasteiger partial charge on any atom is -0.416 e. The Balaban J connectivity index is 1.44. The Kier molecular flexibility index (Phi) is 4.53. The minimum atomic E-state index is 0.370. The van der Waals surface area contributed by atoms with Crippen molar-refractivity contribution in [3.63, 3.8) is 0 Å². The number of aryl methyl sites for hydroxylation is 1. The number of hydrogen-bond donors (Lipinski definition) is 0. The van der Waals surface area contributed by atoms with Gasteiger partial charge in [-0.3, -0.25) is 0 Å². The van der Waals surface area contributed by atoms with Gasteiger partial charge in [-0.1, -0.05) is 35.5 Å². The van der Waals surface area contributed by atoms with Crippen molar-refractivity contribution < 1.29 is 13.7 Å². The zero-order chi connectivity index (χ0) is 19.6. The molecule has 0 N–H and O–H groups in total. The van der Waals surface area contributed by atoms with Crippen LogP contribution in [0.25, 0.3) is 34.2 Å². The lowest BCUT2D eigenvalue weighted by Gasteiger charge is -2.27. The molecule has 0 unspecified atom stereocenters. The van der Waals surface area contributed by atoms with Crippen LogP contribution in [0.15, 0.2) is 57.6 Å². The number of morpholine rings is 1. The average molecular weight is 389 g/mol. The van der Waals surface area contributed by atoms with Gasteiger partial charge >= 0.3 is 0 Å². The lowest BCUT2D eigenvalue weighted by atomic mass is 10.1. The van der Waals surface area contributed by atoms with Crippen LogP contribution in [-0.4, -0.2) is 46.6 Å². The van der Waals surface area contributed by atoms with E-state index in [1.54, 1.807) is 6.20 Å². The molecule has 0 saturated carbocycles. The van der Waals surface area contributed by atoms with E-state index in [0.717, 1.165) is 43.2 Å². The molecule has 1 fully saturated rings. The van der Waals surface area contributed by atoms with Crippen LogP contribution in [0, 0.1) is 6.92 Å². The van der Waals surface area contributed by atoms with Crippen molar-refractivity contribution in [2.24, 2.45) is 0 Å². The van der Waals surface area contributed by atoms with Gasteiger partial charge < -0.3 is 18.6 Å². The standard InChI is InChI=1S/C21H19N5O3/c1-14-18(19(25-29-14)15-5-3-2-4-6-15)21-24-23-20(28-21)16-7-8-17(22-13-16)26-9-11-27-12-10-26/h2-8,13H,9-12H2,1H3. The topological polar surface area (TPSA) is 90.3 Å². The third-order valence-electron chi connectivity index (χ3n) is 4.88. The highest BCUT2D eigenvalue weighted by atomic mass is 16.5. The summed E-state index contributed by atoms with van der Waals surface area (Å²) in [7, 11) is 0. The summed E-state index contributed by atoms with van der Waals surface area (Å²) in [6.45, 7) is 4.95. The fourth-order valence-electron chi connectivity index (χ4n) is 3.35. The molecular weight excluding hydrogens is 370 g/mol. The van der Waals surface area contributed by atoms with Gasteiger partial charge in [-0.15, -0.1) is 10.2 Å². The van der Waals surface area contributed by atoms with E-state index in [2.05, 4.69) is 25.2 Å². The molecule has 29 heavy (non-hydrogen) atoms. The summed E-state index contributed by atoms with van der Waals surface area (Å²) >= 11 is 0. The van der Waals surface area contributed by atoms with Gasteiger partial charge in [0.1, 0.15) is 22.8 Å². The van der Waals surface area contributed by atoms with E-state index < -0.39 is 0 Å². The highest BCUT2D eigenvalue weighted by molar-refractivity contribution is 5.78. The van der Waals surface area contributed by atoms with Crippen LogP contribution in [0.4, 0.5) is 5.82 Å². The maximum atomic E-state index is 5.95. The van der Waals surface area contributed by atoms with Gasteiger partial charge in [-0.05, 0) is 19.1 Å². The highest BCUT2D eigenvalue weighted by Crippen LogP contribution is 2.34. The number of anilines is 1. The first kappa shape index (κ1) is 17.6. The first-order valence-corrected chi connectivity index (χ1v) is 9.44. The second kappa shape index (κ2) is 7.48. The molecule has 0 atom stereocenters. The smallest absolute Gasteiger partial charge is 0.254 e. The van der Waals surface area contributed by atoms with Crippen LogP contribution in [-0.2, 0) is 4.74 Å². The molecule has 3 aromatic heterocycles. The molecule has 0 bridgehead atoms. The molecule has 146 valence electrons. The maximum absolute atomic E-state index is 5.95. The largest absolute Gasteiger partial charge is 0.416 e. The molecule has 1 aliphatic heterocycles. The van der Waals surface area contributed by atoms with E-state index in [0.29, 0.717) is 28.8 Å². The van der Waals surface area contributed by atoms with Crippen molar-refractivity contribution in [1.82, 2.24) is 20.3 Å². The first-order valence-electron chi connectivity index (χ1n) is 9.44. The molecule has 0 radical (unpaired) electrons. The number of ether oxygens (including phenoxy) is 1. The maximum Gasteiger partial charge on any atom is 0.254 e. The van der Waals surface area contributed by atoms with Crippen LogP contribution >= 0.6 is 0 Å². The normalized spacial score (nSPS) is 14.3. The summed E-state index contributed by atoms with van der Waals surface area (Å²) in [5, 5.41) is 12.6. The van der Waals surface area contributed by atoms with Gasteiger partial charge in [-0.2, -0.15) is 0 Å². The van der Waals surface area contributed by atoms with Gasteiger partial charge in [0.05, 0.1) is 18.8 Å². The molecular formula is C21H19N5O3. The zero-order valence-electron chi connectivity index (χ0n) is 15.9. The molecule has 8 heteroatoms. The minimum absolute atomic E-state index is 0.370. The van der Waals surface area contributed by atoms with Gasteiger partial charge in [-0.25, -0.2) is 4.98 Å². The van der Waals surface area contributed by atoms with E-state index in [9.17, 15) is 0 Å². The molecule has 4 heterocycles. The Hall–Kier alpha value is -3.52. The Morgan fingerprint density at radius 1 is 0.897 bits per heavy atom. The van der Waals surface area contributed by atoms with Crippen molar-refractivity contribution in [3.8, 4) is 34.2 Å². The van der Waals surface area contributed by atoms with Crippen molar-refractivity contribution in [2.75, 3.05) is 31.2 Å². The fourth-order valence-corrected chi connectivity index (χ4v) is 3.35. The quantitative estimate of drug-likeness (QED) is 0.523. The lowest BCUT2D eigenvalue weighted by Crippen LogP contribution is -2.36. The van der Waals surface area contributed by atoms with E-state index in [1.807, 2.05) is 49.4 Å². The Morgan fingerprint density at radius 2 is 1.69 bits per heavy atom.